The summed E-state index contributed by atoms with van der Waals surface area (Å²) in [6.07, 6.45) is 5.61. The number of guanidine groups is 1. The topological polar surface area (TPSA) is 59.2 Å². The normalized spacial score (nSPS) is 24.7. The minimum Gasteiger partial charge on any atom is -0.270 e. The van der Waals surface area contributed by atoms with E-state index in [9.17, 15) is 9.59 Å². The minimum absolute atomic E-state index is 0.169. The van der Waals surface area contributed by atoms with Crippen LogP contribution in [0.2, 0.25) is 0 Å². The zero-order valence-corrected chi connectivity index (χ0v) is 14.3. The average Bonchev–Trinajstić information content (AvgIpc) is 3.18. The van der Waals surface area contributed by atoms with Gasteiger partial charge in [0.25, 0.3) is 5.91 Å². The summed E-state index contributed by atoms with van der Waals surface area (Å²) in [4.78, 5) is 34.4. The van der Waals surface area contributed by atoms with Gasteiger partial charge in [-0.2, -0.15) is 0 Å². The van der Waals surface area contributed by atoms with Crippen molar-refractivity contribution in [3.63, 3.8) is 0 Å². The van der Waals surface area contributed by atoms with Crippen molar-refractivity contribution in [1.29, 1.82) is 0 Å². The van der Waals surface area contributed by atoms with Crippen LogP contribution < -0.4 is 0 Å². The summed E-state index contributed by atoms with van der Waals surface area (Å²) >= 11 is 0. The number of amidine groups is 1. The van der Waals surface area contributed by atoms with Crippen LogP contribution in [0.3, 0.4) is 0 Å². The Bertz CT molecular complexity index is 575. The quantitative estimate of drug-likeness (QED) is 0.572. The Balaban J connectivity index is 1.96. The zero-order valence-electron chi connectivity index (χ0n) is 14.3. The van der Waals surface area contributed by atoms with Gasteiger partial charge in [-0.25, -0.2) is 9.69 Å². The Morgan fingerprint density at radius 3 is 2.48 bits per heavy atom. The zero-order chi connectivity index (χ0) is 16.6. The van der Waals surface area contributed by atoms with Crippen molar-refractivity contribution in [3.05, 3.63) is 0 Å². The summed E-state index contributed by atoms with van der Waals surface area (Å²) < 4.78 is 2.25. The highest BCUT2D eigenvalue weighted by atomic mass is 16.2. The molecule has 23 heavy (non-hydrogen) atoms. The maximum Gasteiger partial charge on any atom is 0.392 e. The van der Waals surface area contributed by atoms with E-state index < -0.39 is 6.04 Å². The predicted octanol–water partition coefficient (Wildman–Crippen LogP) is 0.945. The molecule has 7 heteroatoms. The summed E-state index contributed by atoms with van der Waals surface area (Å²) in [5.41, 5.74) is 0. The van der Waals surface area contributed by atoms with E-state index in [1.165, 1.54) is 9.80 Å². The van der Waals surface area contributed by atoms with Crippen molar-refractivity contribution < 1.29 is 14.2 Å². The molecule has 0 radical (unpaired) electrons. The summed E-state index contributed by atoms with van der Waals surface area (Å²) in [5.74, 6) is 1.29. The highest BCUT2D eigenvalue weighted by molar-refractivity contribution is 6.25. The number of fused-ring (bicyclic) bond motifs is 1. The Hall–Kier alpha value is -1.92. The third-order valence-corrected chi connectivity index (χ3v) is 4.90. The fourth-order valence-corrected chi connectivity index (χ4v) is 3.52. The molecule has 3 aliphatic rings. The minimum atomic E-state index is -0.449. The van der Waals surface area contributed by atoms with Gasteiger partial charge in [0, 0.05) is 14.1 Å². The molecule has 0 spiro atoms. The summed E-state index contributed by atoms with van der Waals surface area (Å²) in [7, 11) is 3.25. The van der Waals surface area contributed by atoms with Gasteiger partial charge in [-0.1, -0.05) is 24.8 Å². The number of hydrogen-bond donors (Lipinski definition) is 0. The van der Waals surface area contributed by atoms with Crippen LogP contribution in [0.15, 0.2) is 4.99 Å². The lowest BCUT2D eigenvalue weighted by molar-refractivity contribution is -0.511. The SMILES string of the molecule is CCCCCN1C(=[N+]2CCCC2)N=C2C1C(=O)N(C)C(=O)N2C. The maximum absolute atomic E-state index is 12.7. The van der Waals surface area contributed by atoms with Crippen LogP contribution in [-0.2, 0) is 4.79 Å². The number of hydrogen-bond acceptors (Lipinski definition) is 2. The molecule has 7 nitrogen and oxygen atoms in total. The number of imide groups is 1. The van der Waals surface area contributed by atoms with Crippen molar-refractivity contribution in [2.75, 3.05) is 33.7 Å². The lowest BCUT2D eigenvalue weighted by Crippen LogP contribution is -2.62. The third kappa shape index (κ3) is 2.62. The van der Waals surface area contributed by atoms with Crippen LogP contribution >= 0.6 is 0 Å². The van der Waals surface area contributed by atoms with Crippen molar-refractivity contribution in [2.45, 2.75) is 45.1 Å². The Labute approximate surface area is 137 Å². The van der Waals surface area contributed by atoms with Gasteiger partial charge in [0.1, 0.15) is 0 Å². The Morgan fingerprint density at radius 1 is 1.13 bits per heavy atom. The smallest absolute Gasteiger partial charge is 0.270 e. The van der Waals surface area contributed by atoms with Crippen LogP contribution in [0.5, 0.6) is 0 Å². The first-order chi connectivity index (χ1) is 11.1. The van der Waals surface area contributed by atoms with Gasteiger partial charge in [0.2, 0.25) is 11.9 Å². The first-order valence-corrected chi connectivity index (χ1v) is 8.58. The molecule has 3 rings (SSSR count). The summed E-state index contributed by atoms with van der Waals surface area (Å²) in [5, 5.41) is 0. The van der Waals surface area contributed by atoms with E-state index in [1.54, 1.807) is 14.1 Å². The van der Waals surface area contributed by atoms with Crippen LogP contribution in [0, 0.1) is 0 Å². The molecule has 1 unspecified atom stereocenters. The number of rotatable bonds is 4. The number of likely N-dealkylation sites (N-methyl/N-ethyl adjacent to an activating group) is 2. The van der Waals surface area contributed by atoms with E-state index in [0.717, 1.165) is 57.7 Å². The first kappa shape index (κ1) is 16.0. The van der Waals surface area contributed by atoms with E-state index in [1.807, 2.05) is 0 Å². The molecular weight excluding hydrogens is 294 g/mol. The second-order valence-corrected chi connectivity index (χ2v) is 6.51. The molecule has 0 saturated carbocycles. The maximum atomic E-state index is 12.7. The molecule has 3 heterocycles. The average molecular weight is 320 g/mol. The standard InChI is InChI=1S/C16H26N5O2/c1-4-5-6-11-21-12-13(17-15(21)20-9-7-8-10-20)18(2)16(23)19(3)14(12)22/h12H,4-11H2,1-3H3/q+1. The number of nitrogens with zero attached hydrogens (tertiary/aromatic N) is 5. The van der Waals surface area contributed by atoms with Gasteiger partial charge in [-0.3, -0.25) is 19.2 Å². The molecular formula is C16H26N5O2+. The Kier molecular flexibility index (Phi) is 4.37. The molecule has 2 fully saturated rings. The second kappa shape index (κ2) is 6.29. The highest BCUT2D eigenvalue weighted by Crippen LogP contribution is 2.24. The van der Waals surface area contributed by atoms with E-state index in [2.05, 4.69) is 16.4 Å². The number of unbranched alkanes of at least 4 members (excludes halogenated alkanes) is 2. The van der Waals surface area contributed by atoms with Gasteiger partial charge in [-0.05, 0) is 19.3 Å². The van der Waals surface area contributed by atoms with Crippen LogP contribution in [-0.4, -0.2) is 82.8 Å². The van der Waals surface area contributed by atoms with Gasteiger partial charge >= 0.3 is 12.0 Å². The van der Waals surface area contributed by atoms with Crippen molar-refractivity contribution in [1.82, 2.24) is 14.7 Å². The first-order valence-electron chi connectivity index (χ1n) is 8.58. The number of carbonyl (C=O) groups is 2. The van der Waals surface area contributed by atoms with E-state index >= 15 is 0 Å². The fourth-order valence-electron chi connectivity index (χ4n) is 3.52. The molecule has 3 amide bonds. The lowest BCUT2D eigenvalue weighted by Gasteiger charge is -2.33. The summed E-state index contributed by atoms with van der Waals surface area (Å²) in [6.45, 7) is 4.93. The van der Waals surface area contributed by atoms with Gasteiger partial charge in [0.15, 0.2) is 0 Å². The molecule has 0 N–H and O–H groups in total. The van der Waals surface area contributed by atoms with Gasteiger partial charge in [0.05, 0.1) is 19.6 Å². The second-order valence-electron chi connectivity index (χ2n) is 6.51. The number of amides is 3. The molecule has 0 aromatic heterocycles. The third-order valence-electron chi connectivity index (χ3n) is 4.90. The number of urea groups is 1. The van der Waals surface area contributed by atoms with Crippen molar-refractivity contribution in [2.24, 2.45) is 4.99 Å². The molecule has 0 aromatic carbocycles. The molecule has 126 valence electrons. The van der Waals surface area contributed by atoms with Crippen molar-refractivity contribution in [3.8, 4) is 0 Å². The molecule has 1 atom stereocenters. The highest BCUT2D eigenvalue weighted by Gasteiger charge is 2.55. The van der Waals surface area contributed by atoms with Crippen LogP contribution in [0.25, 0.3) is 0 Å². The number of aliphatic imine (C=N–C) groups is 1. The molecule has 0 bridgehead atoms. The molecule has 0 aromatic rings. The fraction of sp³-hybridized carbons (Fsp3) is 0.750. The largest absolute Gasteiger partial charge is 0.392 e. The van der Waals surface area contributed by atoms with Crippen LogP contribution in [0.1, 0.15) is 39.0 Å². The van der Waals surface area contributed by atoms with Gasteiger partial charge < -0.3 is 0 Å². The Morgan fingerprint density at radius 2 is 1.83 bits per heavy atom. The van der Waals surface area contributed by atoms with E-state index in [4.69, 9.17) is 4.99 Å². The molecule has 0 aliphatic carbocycles. The van der Waals surface area contributed by atoms with Gasteiger partial charge in [-0.15, -0.1) is 0 Å². The molecule has 3 aliphatic heterocycles. The predicted molar refractivity (Wildman–Crippen MR) is 87.6 cm³/mol. The number of carbonyl (C=O) groups excluding carboxylic acids is 2. The van der Waals surface area contributed by atoms with Crippen LogP contribution in [0.4, 0.5) is 4.79 Å². The van der Waals surface area contributed by atoms with Crippen molar-refractivity contribution >= 4 is 23.7 Å². The summed E-state index contributed by atoms with van der Waals surface area (Å²) in [6, 6.07) is -0.753. The monoisotopic (exact) mass is 320 g/mol. The van der Waals surface area contributed by atoms with E-state index in [0.29, 0.717) is 5.84 Å². The lowest BCUT2D eigenvalue weighted by atomic mass is 10.1. The molecule has 2 saturated heterocycles. The van der Waals surface area contributed by atoms with E-state index in [-0.39, 0.29) is 11.9 Å².